The maximum Gasteiger partial charge on any atom is 0.308 e. The van der Waals surface area contributed by atoms with Crippen molar-refractivity contribution < 1.29 is 26.0 Å². The van der Waals surface area contributed by atoms with Crippen molar-refractivity contribution in [2.24, 2.45) is 0 Å². The molecule has 0 amide bonds. The Morgan fingerprint density at radius 3 is 2.70 bits per heavy atom. The molecule has 4 nitrogen and oxygen atoms in total. The Hall–Kier alpha value is -1.38. The smallest absolute Gasteiger partial charge is 0.308 e. The molecule has 0 atom stereocenters. The summed E-state index contributed by atoms with van der Waals surface area (Å²) in [6, 6.07) is 6.18. The number of quaternary nitrogens is 1. The van der Waals surface area contributed by atoms with Crippen LogP contribution in [0.4, 0.5) is 0 Å². The third kappa shape index (κ3) is 2.58. The Bertz CT molecular complexity index is 651. The van der Waals surface area contributed by atoms with Gasteiger partial charge in [0, 0.05) is 24.1 Å². The number of hydrogen-bond donors (Lipinski definition) is 0. The lowest BCUT2D eigenvalue weighted by atomic mass is 9.90. The summed E-state index contributed by atoms with van der Waals surface area (Å²) in [6.45, 7) is 3.86. The molecule has 1 aliphatic heterocycles. The number of nitriles is 1. The van der Waals surface area contributed by atoms with Crippen molar-refractivity contribution in [3.63, 3.8) is 0 Å². The minimum atomic E-state index is 0. The Kier molecular flexibility index (Phi) is 4.17. The Labute approximate surface area is 129 Å². The second-order valence-corrected chi connectivity index (χ2v) is 5.78. The number of nitrogens with zero attached hydrogens (tertiary/aromatic N) is 3. The highest BCUT2D eigenvalue weighted by Crippen LogP contribution is 2.34. The van der Waals surface area contributed by atoms with Crippen LogP contribution in [0.5, 0.6) is 0 Å². The highest BCUT2D eigenvalue weighted by atomic mass is 79.9. The van der Waals surface area contributed by atoms with Crippen LogP contribution in [0.3, 0.4) is 0 Å². The fraction of sp³-hybridized carbons (Fsp3) is 0.467. The number of rotatable bonds is 1. The highest BCUT2D eigenvalue weighted by Gasteiger charge is 2.33. The van der Waals surface area contributed by atoms with E-state index in [1.54, 1.807) is 0 Å². The zero-order valence-corrected chi connectivity index (χ0v) is 13.4. The minimum Gasteiger partial charge on any atom is -1.00 e. The van der Waals surface area contributed by atoms with Gasteiger partial charge < -0.3 is 21.5 Å². The first-order chi connectivity index (χ1) is 9.11. The van der Waals surface area contributed by atoms with Crippen LogP contribution in [0.1, 0.15) is 30.0 Å². The van der Waals surface area contributed by atoms with E-state index in [0.717, 1.165) is 42.6 Å². The van der Waals surface area contributed by atoms with Gasteiger partial charge in [0.05, 0.1) is 25.8 Å². The second-order valence-electron chi connectivity index (χ2n) is 5.78. The number of aryl methyl sites for hydroxylation is 1. The molecular weight excluding hydrogens is 318 g/mol. The molecule has 1 aliphatic rings. The lowest BCUT2D eigenvalue weighted by Crippen LogP contribution is -3.00. The molecule has 0 saturated carbocycles. The Balaban J connectivity index is 0.00000147. The standard InChI is InChI=1S/C15H18N3O.BrH/c1-11-3-4-14-13(9-11)15(17-19-14)12-5-7-18(2,10-16)8-6-12;/h3-4,9,12H,5-8H2,1-2H3;1H/q+1;/p-1. The quantitative estimate of drug-likeness (QED) is 0.542. The number of aromatic nitrogens is 1. The summed E-state index contributed by atoms with van der Waals surface area (Å²) >= 11 is 0. The van der Waals surface area contributed by atoms with E-state index in [1.165, 1.54) is 5.56 Å². The fourth-order valence-electron chi connectivity index (χ4n) is 2.88. The lowest BCUT2D eigenvalue weighted by molar-refractivity contribution is -0.851. The molecule has 20 heavy (non-hydrogen) atoms. The van der Waals surface area contributed by atoms with Crippen molar-refractivity contribution in [3.8, 4) is 6.19 Å². The van der Waals surface area contributed by atoms with Crippen molar-refractivity contribution >= 4 is 11.0 Å². The van der Waals surface area contributed by atoms with Gasteiger partial charge in [0.2, 0.25) is 0 Å². The molecular formula is C15H18BrN3O. The summed E-state index contributed by atoms with van der Waals surface area (Å²) in [7, 11) is 2.00. The normalized spacial score (nSPS) is 25.9. The van der Waals surface area contributed by atoms with Crippen molar-refractivity contribution in [3.05, 3.63) is 29.5 Å². The zero-order valence-electron chi connectivity index (χ0n) is 11.8. The van der Waals surface area contributed by atoms with E-state index in [9.17, 15) is 0 Å². The summed E-state index contributed by atoms with van der Waals surface area (Å²) in [5.74, 6) is 0.419. The largest absolute Gasteiger partial charge is 1.00 e. The molecule has 0 N–H and O–H groups in total. The highest BCUT2D eigenvalue weighted by molar-refractivity contribution is 5.80. The molecule has 0 aliphatic carbocycles. The molecule has 0 bridgehead atoms. The van der Waals surface area contributed by atoms with Crippen LogP contribution in [0.2, 0.25) is 0 Å². The van der Waals surface area contributed by atoms with E-state index in [1.807, 2.05) is 19.2 Å². The van der Waals surface area contributed by atoms with E-state index in [-0.39, 0.29) is 17.0 Å². The van der Waals surface area contributed by atoms with Crippen molar-refractivity contribution in [1.82, 2.24) is 5.16 Å². The van der Waals surface area contributed by atoms with Gasteiger partial charge in [-0.2, -0.15) is 0 Å². The molecule has 1 aromatic heterocycles. The van der Waals surface area contributed by atoms with Crippen LogP contribution < -0.4 is 17.0 Å². The number of benzene rings is 1. The maximum atomic E-state index is 9.16. The maximum absolute atomic E-state index is 9.16. The number of likely N-dealkylation sites (tertiary alicyclic amines) is 1. The van der Waals surface area contributed by atoms with E-state index in [4.69, 9.17) is 9.78 Å². The molecule has 106 valence electrons. The van der Waals surface area contributed by atoms with Crippen LogP contribution >= 0.6 is 0 Å². The molecule has 5 heteroatoms. The summed E-state index contributed by atoms with van der Waals surface area (Å²) in [5, 5.41) is 14.6. The van der Waals surface area contributed by atoms with Gasteiger partial charge in [-0.25, -0.2) is 4.48 Å². The van der Waals surface area contributed by atoms with Crippen LogP contribution in [0.15, 0.2) is 22.7 Å². The monoisotopic (exact) mass is 335 g/mol. The molecule has 0 spiro atoms. The SMILES string of the molecule is Cc1ccc2onc(C3CC[N+](C)(C#N)CC3)c2c1.[Br-]. The third-order valence-corrected chi connectivity index (χ3v) is 4.22. The number of hydrogen-bond acceptors (Lipinski definition) is 3. The average Bonchev–Trinajstić information content (AvgIpc) is 2.83. The molecule has 3 rings (SSSR count). The van der Waals surface area contributed by atoms with E-state index in [0.29, 0.717) is 10.4 Å². The van der Waals surface area contributed by atoms with E-state index < -0.39 is 0 Å². The van der Waals surface area contributed by atoms with Gasteiger partial charge in [-0.1, -0.05) is 16.8 Å². The van der Waals surface area contributed by atoms with Gasteiger partial charge in [-0.05, 0) is 19.1 Å². The van der Waals surface area contributed by atoms with Gasteiger partial charge in [0.25, 0.3) is 0 Å². The van der Waals surface area contributed by atoms with E-state index >= 15 is 0 Å². The van der Waals surface area contributed by atoms with Crippen LogP contribution in [0, 0.1) is 18.4 Å². The summed E-state index contributed by atoms with van der Waals surface area (Å²) in [6.07, 6.45) is 4.39. The van der Waals surface area contributed by atoms with Gasteiger partial charge >= 0.3 is 6.19 Å². The Morgan fingerprint density at radius 2 is 2.05 bits per heavy atom. The Morgan fingerprint density at radius 1 is 1.35 bits per heavy atom. The third-order valence-electron chi connectivity index (χ3n) is 4.22. The van der Waals surface area contributed by atoms with Crippen molar-refractivity contribution in [2.75, 3.05) is 20.1 Å². The lowest BCUT2D eigenvalue weighted by Gasteiger charge is -2.32. The number of fused-ring (bicyclic) bond motifs is 1. The first-order valence-corrected chi connectivity index (χ1v) is 6.73. The first-order valence-electron chi connectivity index (χ1n) is 6.73. The number of piperidine rings is 1. The van der Waals surface area contributed by atoms with Gasteiger partial charge in [-0.15, -0.1) is 5.26 Å². The molecule has 2 aromatic rings. The topological polar surface area (TPSA) is 49.8 Å². The molecule has 0 unspecified atom stereocenters. The fourth-order valence-corrected chi connectivity index (χ4v) is 2.88. The summed E-state index contributed by atoms with van der Waals surface area (Å²) in [4.78, 5) is 0. The molecule has 2 heterocycles. The first kappa shape index (κ1) is 15.0. The van der Waals surface area contributed by atoms with Crippen molar-refractivity contribution in [2.45, 2.75) is 25.7 Å². The molecule has 0 radical (unpaired) electrons. The van der Waals surface area contributed by atoms with E-state index in [2.05, 4.69) is 24.3 Å². The van der Waals surface area contributed by atoms with Gasteiger partial charge in [0.15, 0.2) is 5.58 Å². The summed E-state index contributed by atoms with van der Waals surface area (Å²) < 4.78 is 5.92. The summed E-state index contributed by atoms with van der Waals surface area (Å²) in [5.41, 5.74) is 3.16. The van der Waals surface area contributed by atoms with Gasteiger partial charge in [0.1, 0.15) is 0 Å². The molecule has 1 fully saturated rings. The van der Waals surface area contributed by atoms with Crippen LogP contribution in [0.25, 0.3) is 11.0 Å². The predicted molar refractivity (Wildman–Crippen MR) is 72.3 cm³/mol. The molecule has 1 saturated heterocycles. The van der Waals surface area contributed by atoms with Crippen molar-refractivity contribution in [1.29, 1.82) is 5.26 Å². The minimum absolute atomic E-state index is 0. The second kappa shape index (κ2) is 5.55. The predicted octanol–water partition coefficient (Wildman–Crippen LogP) is -0.0547. The zero-order chi connectivity index (χ0) is 13.5. The number of halogens is 1. The van der Waals surface area contributed by atoms with Crippen LogP contribution in [-0.4, -0.2) is 29.8 Å². The van der Waals surface area contributed by atoms with Crippen LogP contribution in [-0.2, 0) is 0 Å². The van der Waals surface area contributed by atoms with Gasteiger partial charge in [-0.3, -0.25) is 0 Å². The average molecular weight is 336 g/mol. The molecule has 1 aromatic carbocycles.